The van der Waals surface area contributed by atoms with Crippen molar-refractivity contribution >= 4 is 27.6 Å². The number of carbonyl (C=O) groups is 1. The van der Waals surface area contributed by atoms with Crippen LogP contribution < -0.4 is 0 Å². The zero-order chi connectivity index (χ0) is 9.97. The average Bonchev–Trinajstić information content (AvgIpc) is 2.17. The standard InChI is InChI=1S/C12H9ClO.CH4/c13-12(14)8-9-5-6-10-3-1-2-4-11(10)7-9;/h1-7H,8H2;1H4. The third-order valence-electron chi connectivity index (χ3n) is 2.16. The zero-order valence-corrected chi connectivity index (χ0v) is 8.29. The molecule has 78 valence electrons. The normalized spacial score (nSPS) is 9.67. The largest absolute Gasteiger partial charge is 0.281 e. The van der Waals surface area contributed by atoms with E-state index in [1.54, 1.807) is 0 Å². The summed E-state index contributed by atoms with van der Waals surface area (Å²) < 4.78 is 0. The Morgan fingerprint density at radius 1 is 1.07 bits per heavy atom. The summed E-state index contributed by atoms with van der Waals surface area (Å²) in [6.45, 7) is 0. The molecule has 0 aliphatic rings. The van der Waals surface area contributed by atoms with Gasteiger partial charge in [0.15, 0.2) is 0 Å². The number of carbonyl (C=O) groups excluding carboxylic acids is 1. The van der Waals surface area contributed by atoms with Crippen LogP contribution in [0, 0.1) is 0 Å². The lowest BCUT2D eigenvalue weighted by molar-refractivity contribution is -0.111. The maximum atomic E-state index is 10.7. The molecule has 0 bridgehead atoms. The second kappa shape index (κ2) is 4.94. The van der Waals surface area contributed by atoms with E-state index in [1.807, 2.05) is 42.5 Å². The molecule has 0 radical (unpaired) electrons. The van der Waals surface area contributed by atoms with Gasteiger partial charge in [0, 0.05) is 6.42 Å². The lowest BCUT2D eigenvalue weighted by Gasteiger charge is -2.00. The zero-order valence-electron chi connectivity index (χ0n) is 7.53. The van der Waals surface area contributed by atoms with Gasteiger partial charge in [0.25, 0.3) is 0 Å². The summed E-state index contributed by atoms with van der Waals surface area (Å²) >= 11 is 5.32. The highest BCUT2D eigenvalue weighted by molar-refractivity contribution is 6.63. The van der Waals surface area contributed by atoms with Crippen molar-refractivity contribution in [2.24, 2.45) is 0 Å². The fraction of sp³-hybridized carbons (Fsp3) is 0.154. The summed E-state index contributed by atoms with van der Waals surface area (Å²) in [5, 5.41) is 2.00. The topological polar surface area (TPSA) is 17.1 Å². The minimum atomic E-state index is -0.319. The Kier molecular flexibility index (Phi) is 3.87. The predicted molar refractivity (Wildman–Crippen MR) is 65.2 cm³/mol. The molecule has 0 saturated heterocycles. The summed E-state index contributed by atoms with van der Waals surface area (Å²) in [4.78, 5) is 10.7. The van der Waals surface area contributed by atoms with Crippen molar-refractivity contribution in [3.63, 3.8) is 0 Å². The fourth-order valence-corrected chi connectivity index (χ4v) is 1.66. The molecule has 0 aliphatic carbocycles. The van der Waals surface area contributed by atoms with Crippen molar-refractivity contribution in [2.75, 3.05) is 0 Å². The second-order valence-electron chi connectivity index (χ2n) is 3.21. The van der Waals surface area contributed by atoms with Gasteiger partial charge in [-0.25, -0.2) is 0 Å². The molecular formula is C13H13ClO. The molecule has 0 aromatic heterocycles. The second-order valence-corrected chi connectivity index (χ2v) is 3.63. The molecule has 0 fully saturated rings. The Bertz CT molecular complexity index is 477. The molecule has 0 N–H and O–H groups in total. The number of halogens is 1. The van der Waals surface area contributed by atoms with Gasteiger partial charge in [0.05, 0.1) is 0 Å². The van der Waals surface area contributed by atoms with Gasteiger partial charge in [0.1, 0.15) is 0 Å². The van der Waals surface area contributed by atoms with Crippen LogP contribution in [0.2, 0.25) is 0 Å². The Labute approximate surface area is 94.7 Å². The first-order valence-electron chi connectivity index (χ1n) is 4.42. The molecular weight excluding hydrogens is 208 g/mol. The third-order valence-corrected chi connectivity index (χ3v) is 2.29. The number of hydrogen-bond donors (Lipinski definition) is 0. The van der Waals surface area contributed by atoms with E-state index in [-0.39, 0.29) is 12.7 Å². The van der Waals surface area contributed by atoms with Gasteiger partial charge in [-0.15, -0.1) is 0 Å². The molecule has 2 aromatic carbocycles. The minimum Gasteiger partial charge on any atom is -0.281 e. The first kappa shape index (κ1) is 11.7. The highest BCUT2D eigenvalue weighted by atomic mass is 35.5. The van der Waals surface area contributed by atoms with Gasteiger partial charge < -0.3 is 0 Å². The first-order chi connectivity index (χ1) is 6.75. The third kappa shape index (κ3) is 2.80. The summed E-state index contributed by atoms with van der Waals surface area (Å²) in [7, 11) is 0. The molecule has 2 aromatic rings. The molecule has 0 heterocycles. The van der Waals surface area contributed by atoms with E-state index in [0.29, 0.717) is 6.42 Å². The van der Waals surface area contributed by atoms with Crippen molar-refractivity contribution in [3.05, 3.63) is 48.0 Å². The Balaban J connectivity index is 0.00000112. The molecule has 15 heavy (non-hydrogen) atoms. The smallest absolute Gasteiger partial charge is 0.226 e. The van der Waals surface area contributed by atoms with Gasteiger partial charge in [-0.05, 0) is 27.9 Å². The summed E-state index contributed by atoms with van der Waals surface area (Å²) in [5.41, 5.74) is 0.962. The molecule has 0 amide bonds. The van der Waals surface area contributed by atoms with Crippen LogP contribution in [0.25, 0.3) is 10.8 Å². The van der Waals surface area contributed by atoms with Gasteiger partial charge in [-0.3, -0.25) is 4.79 Å². The number of fused-ring (bicyclic) bond motifs is 1. The number of benzene rings is 2. The first-order valence-corrected chi connectivity index (χ1v) is 4.79. The van der Waals surface area contributed by atoms with Crippen molar-refractivity contribution in [2.45, 2.75) is 13.8 Å². The van der Waals surface area contributed by atoms with Crippen molar-refractivity contribution in [1.29, 1.82) is 0 Å². The molecule has 1 nitrogen and oxygen atoms in total. The highest BCUT2D eigenvalue weighted by Crippen LogP contribution is 2.16. The summed E-state index contributed by atoms with van der Waals surface area (Å²) in [6, 6.07) is 14.0. The molecule has 0 saturated carbocycles. The van der Waals surface area contributed by atoms with Crippen LogP contribution >= 0.6 is 11.6 Å². The van der Waals surface area contributed by atoms with Crippen LogP contribution in [0.5, 0.6) is 0 Å². The van der Waals surface area contributed by atoms with Gasteiger partial charge in [-0.2, -0.15) is 0 Å². The lowest BCUT2D eigenvalue weighted by atomic mass is 10.1. The summed E-state index contributed by atoms with van der Waals surface area (Å²) in [6.07, 6.45) is 0.298. The number of hydrogen-bond acceptors (Lipinski definition) is 1. The molecule has 0 atom stereocenters. The van der Waals surface area contributed by atoms with Crippen LogP contribution in [0.1, 0.15) is 13.0 Å². The van der Waals surface area contributed by atoms with E-state index >= 15 is 0 Å². The Hall–Kier alpha value is -1.34. The van der Waals surface area contributed by atoms with Crippen molar-refractivity contribution < 1.29 is 4.79 Å². The van der Waals surface area contributed by atoms with Crippen LogP contribution in [0.3, 0.4) is 0 Å². The van der Waals surface area contributed by atoms with Crippen molar-refractivity contribution in [1.82, 2.24) is 0 Å². The van der Waals surface area contributed by atoms with Crippen LogP contribution in [-0.2, 0) is 11.2 Å². The van der Waals surface area contributed by atoms with Crippen LogP contribution in [-0.4, -0.2) is 5.24 Å². The predicted octanol–water partition coefficient (Wildman–Crippen LogP) is 3.78. The Morgan fingerprint density at radius 2 is 1.73 bits per heavy atom. The van der Waals surface area contributed by atoms with E-state index in [0.717, 1.165) is 10.9 Å². The van der Waals surface area contributed by atoms with E-state index in [4.69, 9.17) is 11.6 Å². The summed E-state index contributed by atoms with van der Waals surface area (Å²) in [5.74, 6) is 0. The molecule has 0 spiro atoms. The van der Waals surface area contributed by atoms with E-state index in [9.17, 15) is 4.79 Å². The van der Waals surface area contributed by atoms with E-state index in [2.05, 4.69) is 0 Å². The maximum Gasteiger partial charge on any atom is 0.226 e. The van der Waals surface area contributed by atoms with Gasteiger partial charge in [0.2, 0.25) is 5.24 Å². The molecule has 2 rings (SSSR count). The lowest BCUT2D eigenvalue weighted by Crippen LogP contribution is -1.92. The maximum absolute atomic E-state index is 10.7. The number of rotatable bonds is 2. The average molecular weight is 221 g/mol. The SMILES string of the molecule is C.O=C(Cl)Cc1ccc2ccccc2c1. The van der Waals surface area contributed by atoms with E-state index in [1.165, 1.54) is 5.39 Å². The van der Waals surface area contributed by atoms with Crippen LogP contribution in [0.15, 0.2) is 42.5 Å². The van der Waals surface area contributed by atoms with E-state index < -0.39 is 0 Å². The fourth-order valence-electron chi connectivity index (χ4n) is 1.51. The Morgan fingerprint density at radius 3 is 2.40 bits per heavy atom. The molecule has 0 unspecified atom stereocenters. The van der Waals surface area contributed by atoms with Gasteiger partial charge in [-0.1, -0.05) is 49.9 Å². The highest BCUT2D eigenvalue weighted by Gasteiger charge is 2.00. The van der Waals surface area contributed by atoms with Crippen molar-refractivity contribution in [3.8, 4) is 0 Å². The molecule has 0 aliphatic heterocycles. The van der Waals surface area contributed by atoms with Gasteiger partial charge >= 0.3 is 0 Å². The quantitative estimate of drug-likeness (QED) is 0.704. The molecule has 2 heteroatoms. The van der Waals surface area contributed by atoms with Crippen LogP contribution in [0.4, 0.5) is 0 Å². The minimum absolute atomic E-state index is 0. The monoisotopic (exact) mass is 220 g/mol.